The number of nitro benzene ring substituents is 1. The normalized spacial score (nSPS) is 23.7. The van der Waals surface area contributed by atoms with Gasteiger partial charge in [-0.25, -0.2) is 15.0 Å². The average molecular weight is 1330 g/mol. The molecule has 3 aromatic carbocycles. The van der Waals surface area contributed by atoms with Crippen molar-refractivity contribution in [3.8, 4) is 5.75 Å². The number of hydrogen-bond acceptors (Lipinski definition) is 21. The van der Waals surface area contributed by atoms with Gasteiger partial charge in [0.2, 0.25) is 17.7 Å². The molecule has 2 fully saturated rings. The number of aliphatic hydroxyl groups excluding tert-OH is 2. The summed E-state index contributed by atoms with van der Waals surface area (Å²) in [5.74, 6) is -9.76. The average Bonchev–Trinajstić information content (AvgIpc) is 1.58. The number of unbranched alkanes of at least 4 members (excludes halogenated alkanes) is 2. The number of anilines is 2. The van der Waals surface area contributed by atoms with Crippen molar-refractivity contribution >= 4 is 97.8 Å². The van der Waals surface area contributed by atoms with Gasteiger partial charge in [0.1, 0.15) is 34.9 Å². The summed E-state index contributed by atoms with van der Waals surface area (Å²) in [5, 5.41) is 56.1. The molecule has 7 amide bonds. The van der Waals surface area contributed by atoms with Crippen LogP contribution in [0.4, 0.5) is 21.9 Å². The molecule has 500 valence electrons. The molecular formula is C62H73ClN8O21S. The van der Waals surface area contributed by atoms with Crippen molar-refractivity contribution in [3.63, 3.8) is 0 Å². The number of amides is 7. The number of halogens is 1. The largest absolute Gasteiger partial charge is 0.482 e. The number of carbonyl (C=O) groups is 9. The lowest BCUT2D eigenvalue weighted by Crippen LogP contribution is -2.62. The molecule has 2 saturated heterocycles. The zero-order valence-corrected chi connectivity index (χ0v) is 53.0. The minimum Gasteiger partial charge on any atom is -0.482 e. The third-order valence-corrected chi connectivity index (χ3v) is 17.5. The number of benzene rings is 3. The summed E-state index contributed by atoms with van der Waals surface area (Å²) >= 11 is 6.77. The molecule has 93 heavy (non-hydrogen) atoms. The maximum atomic E-state index is 14.3. The quantitative estimate of drug-likeness (QED) is 0.00857. The minimum atomic E-state index is -4.73. The fraction of sp³-hybridized carbons (Fsp3) is 0.452. The molecule has 7 rings (SSSR count). The fourth-order valence-electron chi connectivity index (χ4n) is 11.0. The summed E-state index contributed by atoms with van der Waals surface area (Å²) < 4.78 is 56.7. The SMILES string of the molecule is C/C1=C\C=C\[C@@H](CO)[C@@]2(O)C[C@H](OC(=O)N2)[C@@H](C)[C@@H]2O[C@@]2(C)[C@@H](OC(=O)COc2cccc(/C(C)=N/NC(=O)c3ccc(NC(=O)CCNC(=O)[C@@H](CC(=O)CCCCCN4C(=O)C=CC4=O)CS(=O)(=O)O)cc3[N+](=O)[O-])c2)CC(=O)N(C)c2cc(cc(CO)c2Cl)C1. The lowest BCUT2D eigenvalue weighted by atomic mass is 9.81. The number of ether oxygens (including phenoxy) is 4. The van der Waals surface area contributed by atoms with E-state index in [4.69, 9.17) is 30.5 Å². The van der Waals surface area contributed by atoms with Gasteiger partial charge in [-0.15, -0.1) is 0 Å². The second kappa shape index (κ2) is 31.2. The summed E-state index contributed by atoms with van der Waals surface area (Å²) in [6.07, 6.45) is 2.99. The maximum Gasteiger partial charge on any atom is 0.409 e. The number of hydrazone groups is 1. The van der Waals surface area contributed by atoms with E-state index in [1.54, 1.807) is 56.3 Å². The van der Waals surface area contributed by atoms with Crippen molar-refractivity contribution in [1.29, 1.82) is 0 Å². The monoisotopic (exact) mass is 1330 g/mol. The van der Waals surface area contributed by atoms with Crippen molar-refractivity contribution in [1.82, 2.24) is 21.0 Å². The molecular weight excluding hydrogens is 1260 g/mol. The number of alkyl carbamates (subject to hydrolysis) is 1. The zero-order valence-electron chi connectivity index (χ0n) is 51.5. The zero-order chi connectivity index (χ0) is 68.1. The van der Waals surface area contributed by atoms with Crippen LogP contribution in [0, 0.1) is 27.9 Å². The molecule has 0 spiro atoms. The van der Waals surface area contributed by atoms with Crippen molar-refractivity contribution < 1.29 is 95.3 Å². The number of hydrogen-bond donors (Lipinski definition) is 8. The Morgan fingerprint density at radius 3 is 2.43 bits per heavy atom. The first-order valence-corrected chi connectivity index (χ1v) is 31.6. The number of nitrogens with zero attached hydrogens (tertiary/aromatic N) is 4. The Bertz CT molecular complexity index is 3650. The summed E-state index contributed by atoms with van der Waals surface area (Å²) in [4.78, 5) is 130. The highest BCUT2D eigenvalue weighted by molar-refractivity contribution is 7.85. The van der Waals surface area contributed by atoms with Crippen LogP contribution in [0.3, 0.4) is 0 Å². The van der Waals surface area contributed by atoms with Crippen LogP contribution in [0.1, 0.15) is 106 Å². The van der Waals surface area contributed by atoms with Gasteiger partial charge in [-0.2, -0.15) is 13.5 Å². The van der Waals surface area contributed by atoms with Gasteiger partial charge in [-0.3, -0.25) is 58.4 Å². The highest BCUT2D eigenvalue weighted by atomic mass is 35.5. The summed E-state index contributed by atoms with van der Waals surface area (Å²) in [5.41, 5.74) is 0.229. The van der Waals surface area contributed by atoms with Gasteiger partial charge >= 0.3 is 12.1 Å². The second-order valence-corrected chi connectivity index (χ2v) is 25.1. The number of epoxide rings is 1. The first-order valence-electron chi connectivity index (χ1n) is 29.6. The van der Waals surface area contributed by atoms with E-state index < -0.39 is 172 Å². The number of carbonyl (C=O) groups excluding carboxylic acids is 9. The molecule has 0 unspecified atom stereocenters. The summed E-state index contributed by atoms with van der Waals surface area (Å²) in [6, 6.07) is 12.7. The van der Waals surface area contributed by atoms with Crippen LogP contribution < -0.4 is 31.0 Å². The molecule has 4 bridgehead atoms. The molecule has 4 aliphatic heterocycles. The molecule has 4 aliphatic rings. The number of esters is 1. The maximum absolute atomic E-state index is 14.3. The topological polar surface area (TPSA) is 419 Å². The third-order valence-electron chi connectivity index (χ3n) is 16.2. The Morgan fingerprint density at radius 1 is 1.01 bits per heavy atom. The van der Waals surface area contributed by atoms with E-state index in [1.807, 2.05) is 6.92 Å². The van der Waals surface area contributed by atoms with E-state index in [0.29, 0.717) is 42.4 Å². The lowest BCUT2D eigenvalue weighted by Gasteiger charge is -2.42. The Morgan fingerprint density at radius 2 is 1.74 bits per heavy atom. The van der Waals surface area contributed by atoms with Crippen LogP contribution in [0.25, 0.3) is 0 Å². The van der Waals surface area contributed by atoms with E-state index in [1.165, 1.54) is 37.1 Å². The summed E-state index contributed by atoms with van der Waals surface area (Å²) in [6.45, 7) is 4.71. The minimum absolute atomic E-state index is 0.0607. The number of allylic oxidation sites excluding steroid dienone is 3. The van der Waals surface area contributed by atoms with Crippen LogP contribution >= 0.6 is 11.6 Å². The van der Waals surface area contributed by atoms with Crippen LogP contribution in [-0.4, -0.2) is 166 Å². The Hall–Kier alpha value is -8.78. The van der Waals surface area contributed by atoms with Gasteiger partial charge in [0.05, 0.1) is 58.8 Å². The molecule has 31 heteroatoms. The Balaban J connectivity index is 0.953. The number of aliphatic hydroxyl groups is 3. The lowest BCUT2D eigenvalue weighted by molar-refractivity contribution is -0.385. The first-order chi connectivity index (χ1) is 43.9. The van der Waals surface area contributed by atoms with Crippen LogP contribution in [0.2, 0.25) is 5.02 Å². The van der Waals surface area contributed by atoms with Crippen molar-refractivity contribution in [2.75, 3.05) is 49.3 Å². The molecule has 0 aromatic heterocycles. The molecule has 29 nitrogen and oxygen atoms in total. The molecule has 0 radical (unpaired) electrons. The highest BCUT2D eigenvalue weighted by Gasteiger charge is 2.64. The van der Waals surface area contributed by atoms with Gasteiger partial charge in [0.25, 0.3) is 33.5 Å². The Labute approximate surface area is 539 Å². The number of imide groups is 1. The molecule has 4 heterocycles. The van der Waals surface area contributed by atoms with Gasteiger partial charge in [0, 0.05) is 87.1 Å². The van der Waals surface area contributed by atoms with E-state index >= 15 is 0 Å². The van der Waals surface area contributed by atoms with Gasteiger partial charge in [-0.1, -0.05) is 66.9 Å². The predicted octanol–water partition coefficient (Wildman–Crippen LogP) is 4.28. The molecule has 3 aromatic rings. The first kappa shape index (κ1) is 71.7. The number of fused-ring (bicyclic) bond motifs is 5. The van der Waals surface area contributed by atoms with E-state index in [2.05, 4.69) is 26.5 Å². The smallest absolute Gasteiger partial charge is 0.409 e. The highest BCUT2D eigenvalue weighted by Crippen LogP contribution is 2.49. The molecule has 0 saturated carbocycles. The van der Waals surface area contributed by atoms with Gasteiger partial charge in [0.15, 0.2) is 12.3 Å². The van der Waals surface area contributed by atoms with E-state index in [0.717, 1.165) is 34.8 Å². The third kappa shape index (κ3) is 19.2. The number of Topliss-reactive ketones (excluding diaryl/α,β-unsaturated/α-hetero) is 1. The molecule has 8 atom stereocenters. The van der Waals surface area contributed by atoms with Crippen LogP contribution in [0.15, 0.2) is 95.7 Å². The Kier molecular flexibility index (Phi) is 24.1. The van der Waals surface area contributed by atoms with Crippen LogP contribution in [-0.2, 0) is 70.9 Å². The fourth-order valence-corrected chi connectivity index (χ4v) is 12.1. The number of nitro groups is 1. The van der Waals surface area contributed by atoms with E-state index in [-0.39, 0.29) is 53.8 Å². The van der Waals surface area contributed by atoms with Crippen molar-refractivity contribution in [3.05, 3.63) is 128 Å². The van der Waals surface area contributed by atoms with Gasteiger partial charge in [-0.05, 0) is 81.5 Å². The van der Waals surface area contributed by atoms with Gasteiger partial charge < -0.3 is 49.8 Å². The second-order valence-electron chi connectivity index (χ2n) is 23.2. The van der Waals surface area contributed by atoms with Crippen LogP contribution in [0.5, 0.6) is 5.75 Å². The number of rotatable bonds is 25. The van der Waals surface area contributed by atoms with E-state index in [9.17, 15) is 81.6 Å². The van der Waals surface area contributed by atoms with Crippen molar-refractivity contribution in [2.45, 2.75) is 122 Å². The predicted molar refractivity (Wildman–Crippen MR) is 333 cm³/mol. The van der Waals surface area contributed by atoms with Crippen molar-refractivity contribution in [2.24, 2.45) is 22.9 Å². The molecule has 8 N–H and O–H groups in total. The number of ketones is 1. The summed E-state index contributed by atoms with van der Waals surface area (Å²) in [7, 11) is -3.25. The standard InChI is InChI=1S/C62H73ClN8O21S/c1-35-11-9-13-42(32-73)62(83)30-49(90-60(82)66-62)36(2)57-61(4,92-57)50(29-54(78)69(5)48-25-38(23-35)24-40(31-72)56(48)63)91-55(79)33-89-45-15-10-12-39(27-45)37(3)67-68-59(81)46-17-16-43(28-47(46)71(84)85)65-51(75)20-21-64-58(80)41(34-93(86,87)88)26-44(74)14-7-6-8-22-70-52(76)18-19-53(70)77/h9-13,15-19,24-25,27-28,36,41-42,49-50,57,72-73,83H,6-8,14,20-23,26,29-34H2,1-5H3,(H,64,80)(H,65,75)(H,66,82)(H,68,81)(H,86,87,88)/b13-9+,35-11+,67-37+/t36-,41+,42+,49+,50+,57+,61+,62+/m1/s1. The molecule has 0 aliphatic carbocycles. The number of nitrogens with one attached hydrogen (secondary N) is 4.